The topological polar surface area (TPSA) is 46.9 Å². The van der Waals surface area contributed by atoms with E-state index in [9.17, 15) is 4.21 Å². The molecule has 0 aromatic carbocycles. The molecular formula is C10H17N3OS. The molecule has 2 rings (SSSR count). The summed E-state index contributed by atoms with van der Waals surface area (Å²) in [5.74, 6) is 2.59. The van der Waals surface area contributed by atoms with Crippen molar-refractivity contribution in [2.45, 2.75) is 32.4 Å². The summed E-state index contributed by atoms with van der Waals surface area (Å²) < 4.78 is 13.3. The van der Waals surface area contributed by atoms with E-state index in [2.05, 4.69) is 21.8 Å². The molecule has 0 atom stereocenters. The first-order chi connectivity index (χ1) is 7.29. The summed E-state index contributed by atoms with van der Waals surface area (Å²) in [7, 11) is -0.584. The van der Waals surface area contributed by atoms with E-state index in [-0.39, 0.29) is 0 Å². The highest BCUT2D eigenvalue weighted by Crippen LogP contribution is 2.14. The molecule has 0 unspecified atom stereocenters. The lowest BCUT2D eigenvalue weighted by molar-refractivity contribution is 0.614. The molecular weight excluding hydrogens is 210 g/mol. The lowest BCUT2D eigenvalue weighted by atomic mass is 10.2. The van der Waals surface area contributed by atoms with Gasteiger partial charge in [0.15, 0.2) is 0 Å². The molecule has 1 aromatic rings. The van der Waals surface area contributed by atoms with Crippen molar-refractivity contribution in [1.82, 2.24) is 9.55 Å². The van der Waals surface area contributed by atoms with Crippen LogP contribution in [-0.4, -0.2) is 31.3 Å². The van der Waals surface area contributed by atoms with E-state index < -0.39 is 10.8 Å². The van der Waals surface area contributed by atoms with Crippen LogP contribution in [0.3, 0.4) is 0 Å². The second-order valence-corrected chi connectivity index (χ2v) is 5.50. The predicted molar refractivity (Wildman–Crippen MR) is 62.4 cm³/mol. The Balaban J connectivity index is 1.94. The summed E-state index contributed by atoms with van der Waals surface area (Å²) in [5, 5.41) is 3.42. The van der Waals surface area contributed by atoms with Gasteiger partial charge in [0.1, 0.15) is 0 Å². The van der Waals surface area contributed by atoms with Crippen LogP contribution in [-0.2, 0) is 17.3 Å². The molecule has 0 radical (unpaired) electrons. The molecule has 1 aliphatic rings. The first-order valence-electron chi connectivity index (χ1n) is 5.42. The normalized spacial score (nSPS) is 26.5. The SMILES string of the molecule is CCn1ccnc1NC1CCS(=O)CC1. The van der Waals surface area contributed by atoms with Gasteiger partial charge in [-0.05, 0) is 19.8 Å². The van der Waals surface area contributed by atoms with Crippen LogP contribution >= 0.6 is 0 Å². The highest BCUT2D eigenvalue weighted by atomic mass is 32.2. The Labute approximate surface area is 92.5 Å². The number of aryl methyl sites for hydroxylation is 1. The molecule has 15 heavy (non-hydrogen) atoms. The molecule has 5 heteroatoms. The minimum absolute atomic E-state index is 0.440. The first-order valence-corrected chi connectivity index (χ1v) is 6.91. The van der Waals surface area contributed by atoms with E-state index in [0.29, 0.717) is 6.04 Å². The standard InChI is InChI=1S/C10H17N3OS/c1-2-13-6-5-11-10(13)12-9-3-7-15(14)8-4-9/h5-6,9H,2-4,7-8H2,1H3,(H,11,12). The molecule has 1 N–H and O–H groups in total. The van der Waals surface area contributed by atoms with Crippen LogP contribution in [0.25, 0.3) is 0 Å². The number of imidazole rings is 1. The molecule has 0 bridgehead atoms. The predicted octanol–water partition coefficient (Wildman–Crippen LogP) is 1.23. The summed E-state index contributed by atoms with van der Waals surface area (Å²) in [6, 6.07) is 0.440. The van der Waals surface area contributed by atoms with Gasteiger partial charge in [0, 0.05) is 47.3 Å². The van der Waals surface area contributed by atoms with Crippen LogP contribution in [0, 0.1) is 0 Å². The molecule has 1 fully saturated rings. The van der Waals surface area contributed by atoms with Crippen molar-refractivity contribution in [1.29, 1.82) is 0 Å². The highest BCUT2D eigenvalue weighted by molar-refractivity contribution is 7.85. The maximum Gasteiger partial charge on any atom is 0.202 e. The Morgan fingerprint density at radius 1 is 1.60 bits per heavy atom. The van der Waals surface area contributed by atoms with Crippen LogP contribution < -0.4 is 5.32 Å². The number of nitrogens with one attached hydrogen (secondary N) is 1. The average molecular weight is 227 g/mol. The van der Waals surface area contributed by atoms with Crippen LogP contribution in [0.4, 0.5) is 5.95 Å². The molecule has 1 saturated heterocycles. The minimum Gasteiger partial charge on any atom is -0.353 e. The van der Waals surface area contributed by atoms with Crippen molar-refractivity contribution in [3.8, 4) is 0 Å². The van der Waals surface area contributed by atoms with Gasteiger partial charge in [-0.1, -0.05) is 0 Å². The van der Waals surface area contributed by atoms with E-state index in [1.54, 1.807) is 0 Å². The average Bonchev–Trinajstić information content (AvgIpc) is 2.69. The number of rotatable bonds is 3. The lowest BCUT2D eigenvalue weighted by Gasteiger charge is -2.23. The highest BCUT2D eigenvalue weighted by Gasteiger charge is 2.18. The number of anilines is 1. The Morgan fingerprint density at radius 3 is 3.00 bits per heavy atom. The maximum atomic E-state index is 11.2. The van der Waals surface area contributed by atoms with Crippen molar-refractivity contribution in [3.63, 3.8) is 0 Å². The zero-order valence-corrected chi connectivity index (χ0v) is 9.80. The molecule has 1 aromatic heterocycles. The third-order valence-electron chi connectivity index (χ3n) is 2.78. The fourth-order valence-corrected chi connectivity index (χ4v) is 3.12. The smallest absolute Gasteiger partial charge is 0.202 e. The van der Waals surface area contributed by atoms with Crippen LogP contribution in [0.5, 0.6) is 0 Å². The fraction of sp³-hybridized carbons (Fsp3) is 0.700. The van der Waals surface area contributed by atoms with Crippen molar-refractivity contribution >= 4 is 16.7 Å². The third-order valence-corrected chi connectivity index (χ3v) is 4.16. The fourth-order valence-electron chi connectivity index (χ4n) is 1.83. The van der Waals surface area contributed by atoms with Crippen LogP contribution in [0.1, 0.15) is 19.8 Å². The van der Waals surface area contributed by atoms with Gasteiger partial charge in [0.2, 0.25) is 5.95 Å². The Bertz CT molecular complexity index is 340. The molecule has 84 valence electrons. The molecule has 0 saturated carbocycles. The summed E-state index contributed by atoms with van der Waals surface area (Å²) >= 11 is 0. The zero-order valence-electron chi connectivity index (χ0n) is 8.98. The van der Waals surface area contributed by atoms with Gasteiger partial charge in [0.25, 0.3) is 0 Å². The van der Waals surface area contributed by atoms with Crippen molar-refractivity contribution in [2.24, 2.45) is 0 Å². The van der Waals surface area contributed by atoms with Crippen LogP contribution in [0.15, 0.2) is 12.4 Å². The molecule has 1 aliphatic heterocycles. The Hall–Kier alpha value is -0.840. The van der Waals surface area contributed by atoms with Gasteiger partial charge in [0.05, 0.1) is 0 Å². The van der Waals surface area contributed by atoms with E-state index in [0.717, 1.165) is 36.8 Å². The van der Waals surface area contributed by atoms with E-state index in [1.807, 2.05) is 12.4 Å². The minimum atomic E-state index is -0.584. The molecule has 0 aliphatic carbocycles. The second kappa shape index (κ2) is 4.79. The number of hydrogen-bond acceptors (Lipinski definition) is 3. The van der Waals surface area contributed by atoms with Gasteiger partial charge in [-0.25, -0.2) is 4.98 Å². The maximum absolute atomic E-state index is 11.2. The van der Waals surface area contributed by atoms with E-state index in [4.69, 9.17) is 0 Å². The van der Waals surface area contributed by atoms with Crippen molar-refractivity contribution < 1.29 is 4.21 Å². The lowest BCUT2D eigenvalue weighted by Crippen LogP contribution is -2.30. The largest absolute Gasteiger partial charge is 0.353 e. The van der Waals surface area contributed by atoms with Gasteiger partial charge in [-0.15, -0.1) is 0 Å². The van der Waals surface area contributed by atoms with E-state index >= 15 is 0 Å². The van der Waals surface area contributed by atoms with E-state index in [1.165, 1.54) is 0 Å². The molecule has 2 heterocycles. The number of nitrogens with zero attached hydrogens (tertiary/aromatic N) is 2. The second-order valence-electron chi connectivity index (χ2n) is 3.80. The summed E-state index contributed by atoms with van der Waals surface area (Å²) in [6.45, 7) is 3.03. The molecule has 0 amide bonds. The quantitative estimate of drug-likeness (QED) is 0.844. The Kier molecular flexibility index (Phi) is 3.41. The Morgan fingerprint density at radius 2 is 2.33 bits per heavy atom. The summed E-state index contributed by atoms with van der Waals surface area (Å²) in [6.07, 6.45) is 5.77. The summed E-state index contributed by atoms with van der Waals surface area (Å²) in [5.41, 5.74) is 0. The third kappa shape index (κ3) is 2.59. The number of hydrogen-bond donors (Lipinski definition) is 1. The van der Waals surface area contributed by atoms with Crippen LogP contribution in [0.2, 0.25) is 0 Å². The van der Waals surface area contributed by atoms with Gasteiger partial charge < -0.3 is 9.88 Å². The molecule has 0 spiro atoms. The van der Waals surface area contributed by atoms with Gasteiger partial charge >= 0.3 is 0 Å². The van der Waals surface area contributed by atoms with Gasteiger partial charge in [-0.3, -0.25) is 4.21 Å². The first kappa shape index (κ1) is 10.7. The number of aromatic nitrogens is 2. The summed E-state index contributed by atoms with van der Waals surface area (Å²) in [4.78, 5) is 4.28. The zero-order chi connectivity index (χ0) is 10.7. The van der Waals surface area contributed by atoms with Gasteiger partial charge in [-0.2, -0.15) is 0 Å². The monoisotopic (exact) mass is 227 g/mol. The molecule has 4 nitrogen and oxygen atoms in total. The van der Waals surface area contributed by atoms with Crippen molar-refractivity contribution in [2.75, 3.05) is 16.8 Å². The van der Waals surface area contributed by atoms with Crippen molar-refractivity contribution in [3.05, 3.63) is 12.4 Å².